The fourth-order valence-corrected chi connectivity index (χ4v) is 1.41. The van der Waals surface area contributed by atoms with E-state index in [1.807, 2.05) is 31.2 Å². The SMILES string of the molecule is C=C(OC/C=C(\C#N)CNC)c1ccc(C)cc1. The summed E-state index contributed by atoms with van der Waals surface area (Å²) in [6, 6.07) is 10.1. The van der Waals surface area contributed by atoms with Crippen molar-refractivity contribution in [2.45, 2.75) is 6.92 Å². The van der Waals surface area contributed by atoms with E-state index in [1.54, 1.807) is 13.1 Å². The molecule has 0 radical (unpaired) electrons. The number of aryl methyl sites for hydroxylation is 1. The molecule has 1 aromatic carbocycles. The Bertz CT molecular complexity index is 466. The number of likely N-dealkylation sites (N-methyl/N-ethyl adjacent to an activating group) is 1. The van der Waals surface area contributed by atoms with Crippen LogP contribution >= 0.6 is 0 Å². The molecule has 1 N–H and O–H groups in total. The van der Waals surface area contributed by atoms with Crippen molar-refractivity contribution < 1.29 is 4.74 Å². The van der Waals surface area contributed by atoms with E-state index in [0.29, 0.717) is 24.5 Å². The third-order valence-corrected chi connectivity index (χ3v) is 2.47. The lowest BCUT2D eigenvalue weighted by Gasteiger charge is -2.07. The van der Waals surface area contributed by atoms with Crippen LogP contribution in [-0.4, -0.2) is 20.2 Å². The monoisotopic (exact) mass is 242 g/mol. The highest BCUT2D eigenvalue weighted by atomic mass is 16.5. The van der Waals surface area contributed by atoms with Gasteiger partial charge >= 0.3 is 0 Å². The Balaban J connectivity index is 2.51. The fraction of sp³-hybridized carbons (Fsp3) is 0.267. The summed E-state index contributed by atoms with van der Waals surface area (Å²) in [5.41, 5.74) is 2.82. The molecular weight excluding hydrogens is 224 g/mol. The van der Waals surface area contributed by atoms with E-state index in [9.17, 15) is 0 Å². The first-order valence-electron chi connectivity index (χ1n) is 5.80. The maximum absolute atomic E-state index is 8.83. The van der Waals surface area contributed by atoms with Crippen LogP contribution in [0.5, 0.6) is 0 Å². The third-order valence-electron chi connectivity index (χ3n) is 2.47. The smallest absolute Gasteiger partial charge is 0.119 e. The minimum atomic E-state index is 0.358. The zero-order valence-corrected chi connectivity index (χ0v) is 10.9. The summed E-state index contributed by atoms with van der Waals surface area (Å²) in [6.07, 6.45) is 1.76. The molecule has 0 saturated heterocycles. The molecular formula is C15H18N2O. The van der Waals surface area contributed by atoms with Gasteiger partial charge in [0.15, 0.2) is 0 Å². The molecule has 0 atom stereocenters. The minimum absolute atomic E-state index is 0.358. The molecule has 1 rings (SSSR count). The lowest BCUT2D eigenvalue weighted by molar-refractivity contribution is 0.320. The minimum Gasteiger partial charge on any atom is -0.489 e. The van der Waals surface area contributed by atoms with Gasteiger partial charge in [-0.05, 0) is 20.0 Å². The van der Waals surface area contributed by atoms with Crippen molar-refractivity contribution in [1.82, 2.24) is 5.32 Å². The normalized spacial score (nSPS) is 10.8. The van der Waals surface area contributed by atoms with Gasteiger partial charge in [0, 0.05) is 17.7 Å². The van der Waals surface area contributed by atoms with Crippen LogP contribution in [0, 0.1) is 18.3 Å². The van der Waals surface area contributed by atoms with Crippen LogP contribution in [0.25, 0.3) is 5.76 Å². The Kier molecular flexibility index (Phi) is 5.69. The van der Waals surface area contributed by atoms with Gasteiger partial charge in [-0.3, -0.25) is 0 Å². The number of nitriles is 1. The first kappa shape index (κ1) is 14.0. The average molecular weight is 242 g/mol. The predicted octanol–water partition coefficient (Wildman–Crippen LogP) is 2.65. The van der Waals surface area contributed by atoms with Crippen LogP contribution < -0.4 is 5.32 Å². The topological polar surface area (TPSA) is 45.0 Å². The predicted molar refractivity (Wildman–Crippen MR) is 73.8 cm³/mol. The molecule has 0 bridgehead atoms. The van der Waals surface area contributed by atoms with E-state index in [2.05, 4.69) is 18.0 Å². The molecule has 0 unspecified atom stereocenters. The van der Waals surface area contributed by atoms with Gasteiger partial charge in [-0.25, -0.2) is 0 Å². The Morgan fingerprint density at radius 3 is 2.67 bits per heavy atom. The third kappa shape index (κ3) is 4.44. The molecule has 18 heavy (non-hydrogen) atoms. The second-order valence-electron chi connectivity index (χ2n) is 3.97. The molecule has 0 fully saturated rings. The Labute approximate surface area is 108 Å². The van der Waals surface area contributed by atoms with Gasteiger partial charge in [0.05, 0.1) is 6.07 Å². The van der Waals surface area contributed by atoms with E-state index in [-0.39, 0.29) is 0 Å². The van der Waals surface area contributed by atoms with Crippen LogP contribution in [0.3, 0.4) is 0 Å². The maximum atomic E-state index is 8.83. The van der Waals surface area contributed by atoms with Crippen molar-refractivity contribution in [3.63, 3.8) is 0 Å². The first-order valence-corrected chi connectivity index (χ1v) is 5.80. The molecule has 0 aliphatic carbocycles. The molecule has 0 aromatic heterocycles. The van der Waals surface area contributed by atoms with Crippen LogP contribution in [0.1, 0.15) is 11.1 Å². The van der Waals surface area contributed by atoms with Gasteiger partial charge in [0.25, 0.3) is 0 Å². The van der Waals surface area contributed by atoms with Gasteiger partial charge in [-0.15, -0.1) is 0 Å². The number of hydrogen-bond donors (Lipinski definition) is 1. The quantitative estimate of drug-likeness (QED) is 0.616. The van der Waals surface area contributed by atoms with E-state index < -0.39 is 0 Å². The fourth-order valence-electron chi connectivity index (χ4n) is 1.41. The molecule has 1 aromatic rings. The average Bonchev–Trinajstić information content (AvgIpc) is 2.38. The second-order valence-corrected chi connectivity index (χ2v) is 3.97. The number of nitrogens with one attached hydrogen (secondary N) is 1. The molecule has 0 aliphatic heterocycles. The van der Waals surface area contributed by atoms with Crippen LogP contribution in [0.15, 0.2) is 42.5 Å². The summed E-state index contributed by atoms with van der Waals surface area (Å²) in [5, 5.41) is 11.8. The van der Waals surface area contributed by atoms with Crippen LogP contribution in [-0.2, 0) is 4.74 Å². The Hall–Kier alpha value is -2.05. The van der Waals surface area contributed by atoms with E-state index >= 15 is 0 Å². The van der Waals surface area contributed by atoms with Crippen LogP contribution in [0.2, 0.25) is 0 Å². The van der Waals surface area contributed by atoms with Crippen molar-refractivity contribution in [3.8, 4) is 6.07 Å². The zero-order valence-electron chi connectivity index (χ0n) is 10.9. The van der Waals surface area contributed by atoms with Crippen molar-refractivity contribution in [2.75, 3.05) is 20.2 Å². The molecule has 0 amide bonds. The standard InChI is InChI=1S/C15H18N2O/c1-12-4-6-15(7-5-12)13(2)18-9-8-14(10-16)11-17-3/h4-8,17H,2,9,11H2,1,3H3/b14-8+. The zero-order chi connectivity index (χ0) is 13.4. The largest absolute Gasteiger partial charge is 0.489 e. The lowest BCUT2D eigenvalue weighted by atomic mass is 10.1. The highest BCUT2D eigenvalue weighted by molar-refractivity contribution is 5.57. The van der Waals surface area contributed by atoms with E-state index in [0.717, 1.165) is 5.56 Å². The van der Waals surface area contributed by atoms with Crippen molar-refractivity contribution >= 4 is 5.76 Å². The highest BCUT2D eigenvalue weighted by Gasteiger charge is 1.99. The second kappa shape index (κ2) is 7.31. The van der Waals surface area contributed by atoms with Gasteiger partial charge in [-0.2, -0.15) is 5.26 Å². The molecule has 94 valence electrons. The number of hydrogen-bond acceptors (Lipinski definition) is 3. The Morgan fingerprint density at radius 2 is 2.11 bits per heavy atom. The van der Waals surface area contributed by atoms with Gasteiger partial charge < -0.3 is 10.1 Å². The summed E-state index contributed by atoms with van der Waals surface area (Å²) in [4.78, 5) is 0. The molecule has 0 spiro atoms. The van der Waals surface area contributed by atoms with E-state index in [1.165, 1.54) is 5.56 Å². The summed E-state index contributed by atoms with van der Waals surface area (Å²) in [7, 11) is 1.80. The van der Waals surface area contributed by atoms with Crippen molar-refractivity contribution in [2.24, 2.45) is 0 Å². The van der Waals surface area contributed by atoms with Crippen molar-refractivity contribution in [3.05, 3.63) is 53.6 Å². The number of rotatable bonds is 6. The Morgan fingerprint density at radius 1 is 1.44 bits per heavy atom. The highest BCUT2D eigenvalue weighted by Crippen LogP contribution is 2.14. The summed E-state index contributed by atoms with van der Waals surface area (Å²) >= 11 is 0. The summed E-state index contributed by atoms with van der Waals surface area (Å²) < 4.78 is 5.50. The van der Waals surface area contributed by atoms with Gasteiger partial charge in [0.2, 0.25) is 0 Å². The molecule has 0 heterocycles. The van der Waals surface area contributed by atoms with Gasteiger partial charge in [-0.1, -0.05) is 36.4 Å². The molecule has 3 nitrogen and oxygen atoms in total. The molecule has 0 aliphatic rings. The molecule has 3 heteroatoms. The van der Waals surface area contributed by atoms with Crippen molar-refractivity contribution in [1.29, 1.82) is 5.26 Å². The summed E-state index contributed by atoms with van der Waals surface area (Å²) in [6.45, 7) is 6.82. The van der Waals surface area contributed by atoms with Gasteiger partial charge in [0.1, 0.15) is 12.4 Å². The first-order chi connectivity index (χ1) is 8.67. The summed E-state index contributed by atoms with van der Waals surface area (Å²) in [5.74, 6) is 0.619. The lowest BCUT2D eigenvalue weighted by Crippen LogP contribution is -2.10. The van der Waals surface area contributed by atoms with Crippen LogP contribution in [0.4, 0.5) is 0 Å². The molecule has 0 saturated carbocycles. The number of ether oxygens (including phenoxy) is 1. The van der Waals surface area contributed by atoms with E-state index in [4.69, 9.17) is 10.00 Å². The number of benzene rings is 1. The number of nitrogens with zero attached hydrogens (tertiary/aromatic N) is 1. The maximum Gasteiger partial charge on any atom is 0.119 e.